The van der Waals surface area contributed by atoms with Crippen molar-refractivity contribution in [2.75, 3.05) is 144 Å². The van der Waals surface area contributed by atoms with Gasteiger partial charge >= 0.3 is 15.6 Å². The Bertz CT molecular complexity index is 3790. The molecule has 1 aromatic heterocycles. The van der Waals surface area contributed by atoms with E-state index in [1.807, 2.05) is 52.4 Å². The third kappa shape index (κ3) is 35.8. The molecular formula is C80H120N14O18P2. The number of carbonyl (C=O) groups excluding carboxylic acids is 6. The van der Waals surface area contributed by atoms with Crippen LogP contribution in [0, 0.1) is 5.41 Å². The number of phosphoric ester groups is 2. The molecule has 2 aliphatic rings. The van der Waals surface area contributed by atoms with Crippen molar-refractivity contribution < 1.29 is 85.5 Å². The van der Waals surface area contributed by atoms with Crippen molar-refractivity contribution in [1.82, 2.24) is 67.2 Å². The number of hydrogen-bond donors (Lipinski definition) is 11. The SMILES string of the molecule is CCN1CCN(CC)CCN(CC(=O)N[C@H](Cc2ccc(OP(=O)(O)O)cc2)C(=O)N[C@H](Cc2ccc(OP(=O)(O)O)cc2)C(=O)N[C@@H](CCC(=O)NCCCOCCOCCOCCCNC(=O)CCCCN2NNN=C2C(C)(C)CCCCOc2cc(-c3ccccc3)cc(-c3ccccc3)n2)C(C)=O)CCN(CC)CC1. The van der Waals surface area contributed by atoms with Gasteiger partial charge in [0.1, 0.15) is 29.4 Å². The number of carbonyl (C=O) groups is 6. The van der Waals surface area contributed by atoms with Gasteiger partial charge in [-0.05, 0) is 131 Å². The topological polar surface area (TPSA) is 399 Å². The van der Waals surface area contributed by atoms with Crippen LogP contribution < -0.4 is 51.4 Å². The highest BCUT2D eigenvalue weighted by molar-refractivity contribution is 7.47. The fraction of sp³-hybridized carbons (Fsp3) is 0.550. The Hall–Kier alpha value is -8.30. The second-order valence-corrected chi connectivity index (χ2v) is 31.2. The highest BCUT2D eigenvalue weighted by atomic mass is 31.2. The summed E-state index contributed by atoms with van der Waals surface area (Å²) in [7, 11) is -9.85. The molecule has 0 bridgehead atoms. The molecule has 114 heavy (non-hydrogen) atoms. The molecule has 32 nitrogen and oxygen atoms in total. The van der Waals surface area contributed by atoms with Crippen LogP contribution >= 0.6 is 15.6 Å². The Kier molecular flexibility index (Phi) is 40.4. The lowest BCUT2D eigenvalue weighted by Gasteiger charge is -2.33. The van der Waals surface area contributed by atoms with Crippen LogP contribution in [0.2, 0.25) is 0 Å². The van der Waals surface area contributed by atoms with Crippen LogP contribution in [-0.2, 0) is 64.9 Å². The Morgan fingerprint density at radius 2 is 0.991 bits per heavy atom. The molecule has 0 radical (unpaired) electrons. The summed E-state index contributed by atoms with van der Waals surface area (Å²) in [5, 5.41) is 20.7. The zero-order valence-corrected chi connectivity index (χ0v) is 68.6. The van der Waals surface area contributed by atoms with E-state index >= 15 is 0 Å². The maximum Gasteiger partial charge on any atom is 0.524 e. The molecule has 0 spiro atoms. The number of amidine groups is 1. The van der Waals surface area contributed by atoms with E-state index in [1.165, 1.54) is 55.5 Å². The summed E-state index contributed by atoms with van der Waals surface area (Å²) in [6, 6.07) is 31.5. The lowest BCUT2D eigenvalue weighted by Crippen LogP contribution is -2.57. The molecular weight excluding hydrogens is 1510 g/mol. The first kappa shape index (κ1) is 92.9. The van der Waals surface area contributed by atoms with Gasteiger partial charge in [-0.25, -0.2) is 19.6 Å². The zero-order chi connectivity index (χ0) is 82.1. The molecule has 3 heterocycles. The number of hydrogen-bond acceptors (Lipinski definition) is 23. The van der Waals surface area contributed by atoms with E-state index in [0.29, 0.717) is 128 Å². The van der Waals surface area contributed by atoms with Crippen molar-refractivity contribution in [1.29, 1.82) is 0 Å². The first-order chi connectivity index (χ1) is 54.7. The highest BCUT2D eigenvalue weighted by Gasteiger charge is 2.34. The molecule has 5 aromatic rings. The van der Waals surface area contributed by atoms with Crippen molar-refractivity contribution in [3.05, 3.63) is 132 Å². The maximum absolute atomic E-state index is 14.7. The largest absolute Gasteiger partial charge is 0.524 e. The van der Waals surface area contributed by atoms with Crippen LogP contribution in [0.25, 0.3) is 22.4 Å². The predicted octanol–water partition coefficient (Wildman–Crippen LogP) is 6.40. The number of likely N-dealkylation sites (N-methyl/N-ethyl adjacent to an activating group) is 3. The summed E-state index contributed by atoms with van der Waals surface area (Å²) >= 11 is 0. The smallest absolute Gasteiger partial charge is 0.478 e. The summed E-state index contributed by atoms with van der Waals surface area (Å²) < 4.78 is 56.0. The van der Waals surface area contributed by atoms with Crippen LogP contribution in [0.3, 0.4) is 0 Å². The van der Waals surface area contributed by atoms with Crippen LogP contribution in [-0.4, -0.2) is 253 Å². The summed E-state index contributed by atoms with van der Waals surface area (Å²) in [6.45, 7) is 24.6. The van der Waals surface area contributed by atoms with E-state index in [1.54, 1.807) is 0 Å². The number of phosphoric acid groups is 2. The normalized spacial score (nSPS) is 15.2. The highest BCUT2D eigenvalue weighted by Crippen LogP contribution is 2.39. The monoisotopic (exact) mass is 1630 g/mol. The van der Waals surface area contributed by atoms with Gasteiger partial charge in [0.25, 0.3) is 0 Å². The number of unbranched alkanes of at least 4 members (excludes halogenated alkanes) is 2. The molecule has 11 N–H and O–H groups in total. The molecule has 34 heteroatoms. The van der Waals surface area contributed by atoms with Crippen molar-refractivity contribution in [3.8, 4) is 39.8 Å². The Morgan fingerprint density at radius 1 is 0.518 bits per heavy atom. The molecule has 628 valence electrons. The van der Waals surface area contributed by atoms with E-state index in [2.05, 4.69) is 122 Å². The number of hydrazine groups is 2. The fourth-order valence-electron chi connectivity index (χ4n) is 13.0. The molecule has 1 fully saturated rings. The van der Waals surface area contributed by atoms with E-state index in [9.17, 15) is 57.5 Å². The average molecular weight is 1630 g/mol. The molecule has 1 saturated heterocycles. The van der Waals surface area contributed by atoms with Gasteiger partial charge in [0.05, 0.1) is 51.3 Å². The van der Waals surface area contributed by atoms with Crippen molar-refractivity contribution >= 4 is 56.8 Å². The number of nitrogens with zero attached hydrogens (tertiary/aromatic N) is 7. The molecule has 3 atom stereocenters. The molecule has 4 aromatic carbocycles. The lowest BCUT2D eigenvalue weighted by molar-refractivity contribution is -0.133. The lowest BCUT2D eigenvalue weighted by atomic mass is 9.85. The molecule has 0 aliphatic carbocycles. The number of benzene rings is 4. The van der Waals surface area contributed by atoms with Gasteiger partial charge < -0.3 is 69.3 Å². The standard InChI is InChI=1S/C80H120N14O18P2/c1-7-90-41-43-91(8-2)45-47-93(48-46-92(9-3)44-42-90)60-75(98)83-71(56-62-27-31-67(32-28-62)111-113(101,102)103)77(99)86-72(57-63-29-33-68(34-30-63)112-114(104,105)106)78(100)85-69(61(4)95)35-36-74(97)82-39-21-50-108-53-55-109-54-52-107-49-20-38-81-73(96)26-16-18-40-94-79(87-88-89-94)80(5,6)37-17-19-51-110-76-59-66(64-22-12-10-13-23-64)58-70(84-76)65-24-14-11-15-25-65/h10-15,22-25,27-34,58-59,69,71-72,88-89H,7-9,16-21,26,35-57,60H2,1-6H3,(H,81,96)(H,82,97)(H,83,98)(H,85,100)(H,86,99)(H2,101,102,103)(H2,104,105,106)/t69-,71+,72+/m0/s1. The van der Waals surface area contributed by atoms with Crippen LogP contribution in [0.5, 0.6) is 17.4 Å². The van der Waals surface area contributed by atoms with Gasteiger partial charge in [0, 0.05) is 128 Å². The number of Topliss-reactive ketones (excluding diaryl/α,β-unsaturated/α-hetero) is 1. The minimum absolute atomic E-state index is 0.0105. The Balaban J connectivity index is 0.771. The van der Waals surface area contributed by atoms with E-state index in [0.717, 1.165) is 99.7 Å². The van der Waals surface area contributed by atoms with Crippen LogP contribution in [0.1, 0.15) is 117 Å². The Morgan fingerprint density at radius 3 is 1.49 bits per heavy atom. The van der Waals surface area contributed by atoms with Gasteiger partial charge in [-0.15, -0.1) is 10.6 Å². The number of hydrazone groups is 1. The van der Waals surface area contributed by atoms with Crippen molar-refractivity contribution in [2.24, 2.45) is 10.5 Å². The summed E-state index contributed by atoms with van der Waals surface area (Å²) in [5.41, 5.74) is 10.7. The van der Waals surface area contributed by atoms with Gasteiger partial charge in [0.15, 0.2) is 5.78 Å². The number of amides is 5. The molecule has 2 aliphatic heterocycles. The zero-order valence-electron chi connectivity index (χ0n) is 66.8. The van der Waals surface area contributed by atoms with E-state index in [-0.39, 0.29) is 67.5 Å². The molecule has 0 unspecified atom stereocenters. The Labute approximate surface area is 670 Å². The van der Waals surface area contributed by atoms with Gasteiger partial charge in [-0.1, -0.05) is 120 Å². The third-order valence-corrected chi connectivity index (χ3v) is 20.5. The van der Waals surface area contributed by atoms with Crippen LogP contribution in [0.4, 0.5) is 0 Å². The average Bonchev–Trinajstić information content (AvgIpc) is 0.920. The second kappa shape index (κ2) is 49.6. The number of pyridine rings is 1. The quantitative estimate of drug-likeness (QED) is 0.0148. The maximum atomic E-state index is 14.7. The molecule has 0 saturated carbocycles. The number of ketones is 1. The number of nitrogens with one attached hydrogen (secondary N) is 7. The molecule has 7 rings (SSSR count). The second-order valence-electron chi connectivity index (χ2n) is 28.8. The van der Waals surface area contributed by atoms with Gasteiger partial charge in [-0.2, -0.15) is 0 Å². The summed E-state index contributed by atoms with van der Waals surface area (Å²) in [4.78, 5) is 134. The first-order valence-corrected chi connectivity index (χ1v) is 42.7. The number of aromatic nitrogens is 1. The van der Waals surface area contributed by atoms with E-state index in [4.69, 9.17) is 33.0 Å². The third-order valence-electron chi connectivity index (χ3n) is 19.6. The molecule has 5 amide bonds. The van der Waals surface area contributed by atoms with Crippen molar-refractivity contribution in [2.45, 2.75) is 137 Å². The predicted molar refractivity (Wildman–Crippen MR) is 434 cm³/mol. The van der Waals surface area contributed by atoms with Gasteiger partial charge in [0.2, 0.25) is 35.4 Å². The summed E-state index contributed by atoms with van der Waals surface area (Å²) in [6.07, 6.45) is 5.06. The van der Waals surface area contributed by atoms with Crippen molar-refractivity contribution in [3.63, 3.8) is 0 Å². The van der Waals surface area contributed by atoms with Gasteiger partial charge in [-0.3, -0.25) is 58.2 Å². The van der Waals surface area contributed by atoms with Crippen LogP contribution in [0.15, 0.2) is 126 Å². The minimum atomic E-state index is -4.93. The summed E-state index contributed by atoms with van der Waals surface area (Å²) in [5.74, 6) is -1.79. The van der Waals surface area contributed by atoms with E-state index < -0.39 is 57.3 Å². The minimum Gasteiger partial charge on any atom is -0.478 e. The first-order valence-electron chi connectivity index (χ1n) is 39.6. The number of rotatable bonds is 50. The fourth-order valence-corrected chi connectivity index (χ4v) is 13.8. The number of ether oxygens (including phenoxy) is 4.